The zero-order valence-corrected chi connectivity index (χ0v) is 18.3. The largest absolute Gasteiger partial charge is 0.456 e. The van der Waals surface area contributed by atoms with Gasteiger partial charge >= 0.3 is 0 Å². The molecule has 2 nitrogen and oxygen atoms in total. The second-order valence-corrected chi connectivity index (χ2v) is 8.69. The Kier molecular flexibility index (Phi) is 3.93. The first kappa shape index (κ1) is 18.6. The average molecular weight is 445 g/mol. The summed E-state index contributed by atoms with van der Waals surface area (Å²) in [5.74, 6) is 0. The highest BCUT2D eigenvalue weighted by atomic mass is 35.5. The maximum atomic E-state index is 6.58. The molecule has 0 N–H and O–H groups in total. The van der Waals surface area contributed by atoms with E-state index in [4.69, 9.17) is 20.4 Å². The molecule has 7 rings (SSSR count). The third-order valence-corrected chi connectivity index (χ3v) is 6.68. The molecule has 33 heavy (non-hydrogen) atoms. The van der Waals surface area contributed by atoms with Gasteiger partial charge in [0.1, 0.15) is 22.3 Å². The Balaban J connectivity index is 1.40. The van der Waals surface area contributed by atoms with Crippen LogP contribution in [-0.4, -0.2) is 0 Å². The molecular weight excluding hydrogens is 428 g/mol. The van der Waals surface area contributed by atoms with Crippen molar-refractivity contribution in [2.75, 3.05) is 0 Å². The van der Waals surface area contributed by atoms with Crippen LogP contribution in [-0.2, 0) is 0 Å². The topological polar surface area (TPSA) is 26.3 Å². The van der Waals surface area contributed by atoms with Crippen molar-refractivity contribution < 1.29 is 8.83 Å². The lowest BCUT2D eigenvalue weighted by atomic mass is 9.97. The first-order chi connectivity index (χ1) is 16.3. The number of rotatable bonds is 2. The molecule has 0 amide bonds. The first-order valence-electron chi connectivity index (χ1n) is 10.9. The number of fused-ring (bicyclic) bond motifs is 6. The van der Waals surface area contributed by atoms with Crippen molar-refractivity contribution in [3.8, 4) is 22.3 Å². The van der Waals surface area contributed by atoms with Crippen molar-refractivity contribution >= 4 is 55.5 Å². The minimum atomic E-state index is 0.699. The fourth-order valence-electron chi connectivity index (χ4n) is 4.79. The highest BCUT2D eigenvalue weighted by Crippen LogP contribution is 2.40. The van der Waals surface area contributed by atoms with Crippen LogP contribution < -0.4 is 0 Å². The van der Waals surface area contributed by atoms with Crippen LogP contribution in [0.25, 0.3) is 66.1 Å². The Labute approximate surface area is 194 Å². The minimum absolute atomic E-state index is 0.699. The number of hydrogen-bond donors (Lipinski definition) is 0. The van der Waals surface area contributed by atoms with Crippen molar-refractivity contribution in [3.05, 3.63) is 108 Å². The Hall–Kier alpha value is -4.01. The van der Waals surface area contributed by atoms with E-state index in [9.17, 15) is 0 Å². The van der Waals surface area contributed by atoms with Gasteiger partial charge in [0.2, 0.25) is 0 Å². The van der Waals surface area contributed by atoms with Crippen molar-refractivity contribution in [1.29, 1.82) is 0 Å². The highest BCUT2D eigenvalue weighted by Gasteiger charge is 2.16. The fourth-order valence-corrected chi connectivity index (χ4v) is 5.04. The molecule has 0 aliphatic carbocycles. The minimum Gasteiger partial charge on any atom is -0.456 e. The molecule has 0 aliphatic heterocycles. The molecular formula is C30H17ClO2. The van der Waals surface area contributed by atoms with Crippen LogP contribution in [0.15, 0.2) is 112 Å². The zero-order chi connectivity index (χ0) is 21.9. The number of para-hydroxylation sites is 2. The second-order valence-electron chi connectivity index (χ2n) is 8.29. The van der Waals surface area contributed by atoms with Gasteiger partial charge in [-0.2, -0.15) is 0 Å². The lowest BCUT2D eigenvalue weighted by Gasteiger charge is -2.08. The van der Waals surface area contributed by atoms with Crippen LogP contribution in [0.4, 0.5) is 0 Å². The highest BCUT2D eigenvalue weighted by molar-refractivity contribution is 6.38. The van der Waals surface area contributed by atoms with Gasteiger partial charge in [0, 0.05) is 27.1 Å². The molecule has 0 saturated heterocycles. The summed E-state index contributed by atoms with van der Waals surface area (Å²) in [5.41, 5.74) is 7.79. The molecule has 0 bridgehead atoms. The van der Waals surface area contributed by atoms with Crippen LogP contribution in [0.2, 0.25) is 5.02 Å². The van der Waals surface area contributed by atoms with E-state index in [0.717, 1.165) is 66.1 Å². The van der Waals surface area contributed by atoms with Gasteiger partial charge in [-0.15, -0.1) is 0 Å². The summed E-state index contributed by atoms with van der Waals surface area (Å²) in [7, 11) is 0. The summed E-state index contributed by atoms with van der Waals surface area (Å²) in [5, 5.41) is 4.96. The molecule has 0 saturated carbocycles. The molecule has 0 spiro atoms. The van der Waals surface area contributed by atoms with Crippen molar-refractivity contribution in [2.45, 2.75) is 0 Å². The van der Waals surface area contributed by atoms with E-state index in [1.165, 1.54) is 0 Å². The maximum absolute atomic E-state index is 6.58. The third kappa shape index (κ3) is 2.81. The van der Waals surface area contributed by atoms with Gasteiger partial charge < -0.3 is 8.83 Å². The summed E-state index contributed by atoms with van der Waals surface area (Å²) in [6.45, 7) is 0. The van der Waals surface area contributed by atoms with E-state index in [-0.39, 0.29) is 0 Å². The van der Waals surface area contributed by atoms with Crippen LogP contribution in [0.1, 0.15) is 0 Å². The molecule has 156 valence electrons. The van der Waals surface area contributed by atoms with E-state index in [1.807, 2.05) is 48.5 Å². The van der Waals surface area contributed by atoms with Gasteiger partial charge in [-0.1, -0.05) is 72.3 Å². The normalized spacial score (nSPS) is 11.8. The van der Waals surface area contributed by atoms with Crippen molar-refractivity contribution in [3.63, 3.8) is 0 Å². The fraction of sp³-hybridized carbons (Fsp3) is 0. The number of hydrogen-bond acceptors (Lipinski definition) is 2. The van der Waals surface area contributed by atoms with E-state index in [0.29, 0.717) is 5.02 Å². The lowest BCUT2D eigenvalue weighted by Crippen LogP contribution is -1.83. The summed E-state index contributed by atoms with van der Waals surface area (Å²) in [6.07, 6.45) is 0. The molecule has 5 aromatic carbocycles. The standard InChI is InChI=1S/C30H17ClO2/c31-25-15-14-21(30-29(25)24-9-2-4-11-27(24)33-30)20-7-5-6-18(16-20)19-12-13-23-22-8-1-3-10-26(22)32-28(23)17-19/h1-17H. The molecule has 2 heterocycles. The third-order valence-electron chi connectivity index (χ3n) is 6.36. The summed E-state index contributed by atoms with van der Waals surface area (Å²) in [6, 6.07) is 35.1. The molecule has 0 radical (unpaired) electrons. The van der Waals surface area contributed by atoms with Gasteiger partial charge in [0.05, 0.1) is 5.02 Å². The predicted octanol–water partition coefficient (Wildman–Crippen LogP) is 9.47. The number of halogens is 1. The van der Waals surface area contributed by atoms with Crippen LogP contribution in [0.3, 0.4) is 0 Å². The van der Waals surface area contributed by atoms with E-state index in [1.54, 1.807) is 0 Å². The Morgan fingerprint density at radius 1 is 0.485 bits per heavy atom. The van der Waals surface area contributed by atoms with Crippen LogP contribution in [0, 0.1) is 0 Å². The molecule has 7 aromatic rings. The van der Waals surface area contributed by atoms with Gasteiger partial charge in [-0.05, 0) is 59.2 Å². The van der Waals surface area contributed by atoms with E-state index >= 15 is 0 Å². The molecule has 3 heteroatoms. The zero-order valence-electron chi connectivity index (χ0n) is 17.5. The Bertz CT molecular complexity index is 1840. The monoisotopic (exact) mass is 444 g/mol. The summed E-state index contributed by atoms with van der Waals surface area (Å²) in [4.78, 5) is 0. The Morgan fingerprint density at radius 2 is 1.18 bits per heavy atom. The molecule has 2 aromatic heterocycles. The predicted molar refractivity (Wildman–Crippen MR) is 137 cm³/mol. The quantitative estimate of drug-likeness (QED) is 0.265. The van der Waals surface area contributed by atoms with E-state index < -0.39 is 0 Å². The van der Waals surface area contributed by atoms with E-state index in [2.05, 4.69) is 54.6 Å². The van der Waals surface area contributed by atoms with Crippen molar-refractivity contribution in [1.82, 2.24) is 0 Å². The summed E-state index contributed by atoms with van der Waals surface area (Å²) >= 11 is 6.58. The van der Waals surface area contributed by atoms with Gasteiger partial charge in [-0.3, -0.25) is 0 Å². The van der Waals surface area contributed by atoms with Gasteiger partial charge in [0.15, 0.2) is 0 Å². The maximum Gasteiger partial charge on any atom is 0.144 e. The molecule has 0 aliphatic rings. The Morgan fingerprint density at radius 3 is 2.06 bits per heavy atom. The second kappa shape index (κ2) is 6.99. The summed E-state index contributed by atoms with van der Waals surface area (Å²) < 4.78 is 12.4. The lowest BCUT2D eigenvalue weighted by molar-refractivity contribution is 0.669. The van der Waals surface area contributed by atoms with Gasteiger partial charge in [0.25, 0.3) is 0 Å². The molecule has 0 atom stereocenters. The SMILES string of the molecule is Clc1ccc(-c2cccc(-c3ccc4c(c3)oc3ccccc34)c2)c2oc3ccccc3c12. The average Bonchev–Trinajstić information content (AvgIpc) is 3.43. The van der Waals surface area contributed by atoms with Crippen LogP contribution >= 0.6 is 11.6 Å². The van der Waals surface area contributed by atoms with Gasteiger partial charge in [-0.25, -0.2) is 0 Å². The van der Waals surface area contributed by atoms with Crippen LogP contribution in [0.5, 0.6) is 0 Å². The number of furan rings is 2. The first-order valence-corrected chi connectivity index (χ1v) is 11.3. The molecule has 0 fully saturated rings. The van der Waals surface area contributed by atoms with Crippen molar-refractivity contribution in [2.24, 2.45) is 0 Å². The number of benzene rings is 5. The smallest absolute Gasteiger partial charge is 0.144 e. The molecule has 0 unspecified atom stereocenters.